The van der Waals surface area contributed by atoms with Gasteiger partial charge in [0, 0.05) is 11.1 Å². The van der Waals surface area contributed by atoms with Gasteiger partial charge in [0.05, 0.1) is 0 Å². The molecule has 0 heterocycles. The highest BCUT2D eigenvalue weighted by atomic mass is 14.0. The zero-order chi connectivity index (χ0) is 13.1. The van der Waals surface area contributed by atoms with Crippen LogP contribution in [0.2, 0.25) is 0 Å². The molecule has 0 aromatic heterocycles. The molecule has 0 aliphatic carbocycles. The molecule has 0 aliphatic rings. The molecule has 0 saturated heterocycles. The van der Waals surface area contributed by atoms with Crippen LogP contribution in [0.15, 0.2) is 66.7 Å². The summed E-state index contributed by atoms with van der Waals surface area (Å²) in [6, 6.07) is 22.9. The Balaban J connectivity index is 1.99. The number of benzene rings is 3. The van der Waals surface area contributed by atoms with Crippen LogP contribution < -0.4 is 0 Å². The summed E-state index contributed by atoms with van der Waals surface area (Å²) in [5, 5.41) is 2.51. The molecule has 0 atom stereocenters. The zero-order valence-corrected chi connectivity index (χ0v) is 10.9. The van der Waals surface area contributed by atoms with Crippen LogP contribution in [0.25, 0.3) is 10.8 Å². The quantitative estimate of drug-likeness (QED) is 0.507. The summed E-state index contributed by atoms with van der Waals surface area (Å²) in [4.78, 5) is 0. The van der Waals surface area contributed by atoms with E-state index >= 15 is 0 Å². The molecule has 0 bridgehead atoms. The Morgan fingerprint density at radius 1 is 0.632 bits per heavy atom. The lowest BCUT2D eigenvalue weighted by molar-refractivity contribution is 1.50. The highest BCUT2D eigenvalue weighted by Crippen LogP contribution is 2.17. The SMILES string of the molecule is Cc1ccc2cc(C#Cc3ccccc3)ccc2c1. The van der Waals surface area contributed by atoms with Gasteiger partial charge < -0.3 is 0 Å². The second kappa shape index (κ2) is 5.00. The predicted molar refractivity (Wildman–Crippen MR) is 81.1 cm³/mol. The molecule has 0 nitrogen and oxygen atoms in total. The largest absolute Gasteiger partial charge is 0.0622 e. The van der Waals surface area contributed by atoms with Crippen molar-refractivity contribution in [1.29, 1.82) is 0 Å². The maximum absolute atomic E-state index is 3.22. The smallest absolute Gasteiger partial charge is 0.0255 e. The molecular weight excluding hydrogens is 228 g/mol. The number of fused-ring (bicyclic) bond motifs is 1. The van der Waals surface area contributed by atoms with E-state index in [9.17, 15) is 0 Å². The molecule has 0 fully saturated rings. The molecular formula is C19H14. The third-order valence-corrected chi connectivity index (χ3v) is 3.12. The molecule has 0 aliphatic heterocycles. The monoisotopic (exact) mass is 242 g/mol. The molecule has 0 spiro atoms. The van der Waals surface area contributed by atoms with Gasteiger partial charge in [-0.25, -0.2) is 0 Å². The fraction of sp³-hybridized carbons (Fsp3) is 0.0526. The first-order valence-electron chi connectivity index (χ1n) is 6.39. The Morgan fingerprint density at radius 3 is 2.16 bits per heavy atom. The number of rotatable bonds is 0. The highest BCUT2D eigenvalue weighted by Gasteiger charge is 1.95. The van der Waals surface area contributed by atoms with Crippen LogP contribution >= 0.6 is 0 Å². The number of aryl methyl sites for hydroxylation is 1. The average molecular weight is 242 g/mol. The summed E-state index contributed by atoms with van der Waals surface area (Å²) >= 11 is 0. The number of hydrogen-bond acceptors (Lipinski definition) is 0. The topological polar surface area (TPSA) is 0 Å². The highest BCUT2D eigenvalue weighted by molar-refractivity contribution is 5.84. The fourth-order valence-electron chi connectivity index (χ4n) is 2.11. The van der Waals surface area contributed by atoms with E-state index in [0.717, 1.165) is 11.1 Å². The standard InChI is InChI=1S/C19H14/c1-15-7-11-19-14-17(10-12-18(19)13-15)9-8-16-5-3-2-4-6-16/h2-7,10-14H,1H3. The van der Waals surface area contributed by atoms with E-state index < -0.39 is 0 Å². The minimum Gasteiger partial charge on any atom is -0.0622 e. The second-order valence-electron chi connectivity index (χ2n) is 4.68. The lowest BCUT2D eigenvalue weighted by Crippen LogP contribution is -1.79. The van der Waals surface area contributed by atoms with E-state index in [1.807, 2.05) is 30.3 Å². The first kappa shape index (κ1) is 11.6. The molecule has 3 aromatic carbocycles. The zero-order valence-electron chi connectivity index (χ0n) is 10.9. The van der Waals surface area contributed by atoms with Crippen LogP contribution in [-0.4, -0.2) is 0 Å². The van der Waals surface area contributed by atoms with Crippen LogP contribution in [0, 0.1) is 18.8 Å². The van der Waals surface area contributed by atoms with Gasteiger partial charge in [-0.05, 0) is 42.0 Å². The van der Waals surface area contributed by atoms with Crippen LogP contribution in [0.3, 0.4) is 0 Å². The van der Waals surface area contributed by atoms with Crippen LogP contribution in [-0.2, 0) is 0 Å². The Labute approximate surface area is 113 Å². The molecule has 3 aromatic rings. The maximum atomic E-state index is 3.22. The summed E-state index contributed by atoms with van der Waals surface area (Å²) in [7, 11) is 0. The molecule has 19 heavy (non-hydrogen) atoms. The van der Waals surface area contributed by atoms with Gasteiger partial charge in [0.1, 0.15) is 0 Å². The van der Waals surface area contributed by atoms with E-state index in [-0.39, 0.29) is 0 Å². The first-order valence-corrected chi connectivity index (χ1v) is 6.39. The normalized spacial score (nSPS) is 9.95. The summed E-state index contributed by atoms with van der Waals surface area (Å²) in [5.41, 5.74) is 3.39. The van der Waals surface area contributed by atoms with Gasteiger partial charge in [-0.15, -0.1) is 0 Å². The average Bonchev–Trinajstić information content (AvgIpc) is 2.46. The van der Waals surface area contributed by atoms with Crippen molar-refractivity contribution in [3.8, 4) is 11.8 Å². The van der Waals surface area contributed by atoms with Crippen LogP contribution in [0.1, 0.15) is 16.7 Å². The molecule has 0 heteroatoms. The van der Waals surface area contributed by atoms with E-state index in [0.29, 0.717) is 0 Å². The first-order chi connectivity index (χ1) is 9.31. The van der Waals surface area contributed by atoms with Gasteiger partial charge in [0.2, 0.25) is 0 Å². The van der Waals surface area contributed by atoms with Gasteiger partial charge in [-0.1, -0.05) is 59.9 Å². The number of hydrogen-bond donors (Lipinski definition) is 0. The molecule has 0 radical (unpaired) electrons. The van der Waals surface area contributed by atoms with Gasteiger partial charge in [0.25, 0.3) is 0 Å². The third-order valence-electron chi connectivity index (χ3n) is 3.12. The molecule has 0 unspecified atom stereocenters. The van der Waals surface area contributed by atoms with Gasteiger partial charge >= 0.3 is 0 Å². The summed E-state index contributed by atoms with van der Waals surface area (Å²) in [5.74, 6) is 6.40. The van der Waals surface area contributed by atoms with Crippen molar-refractivity contribution >= 4 is 10.8 Å². The van der Waals surface area contributed by atoms with Crippen molar-refractivity contribution in [1.82, 2.24) is 0 Å². The third kappa shape index (κ3) is 2.67. The van der Waals surface area contributed by atoms with E-state index in [4.69, 9.17) is 0 Å². The van der Waals surface area contributed by atoms with E-state index in [1.54, 1.807) is 0 Å². The molecule has 0 N–H and O–H groups in total. The molecule has 0 saturated carbocycles. The summed E-state index contributed by atoms with van der Waals surface area (Å²) < 4.78 is 0. The Bertz CT molecular complexity index is 771. The minimum atomic E-state index is 1.05. The lowest BCUT2D eigenvalue weighted by Gasteiger charge is -2.00. The van der Waals surface area contributed by atoms with E-state index in [2.05, 4.69) is 55.2 Å². The Hall–Kier alpha value is -2.52. The van der Waals surface area contributed by atoms with Gasteiger partial charge in [0.15, 0.2) is 0 Å². The van der Waals surface area contributed by atoms with Crippen molar-refractivity contribution in [3.05, 3.63) is 83.4 Å². The fourth-order valence-corrected chi connectivity index (χ4v) is 2.11. The van der Waals surface area contributed by atoms with Gasteiger partial charge in [-0.3, -0.25) is 0 Å². The van der Waals surface area contributed by atoms with Crippen molar-refractivity contribution in [2.75, 3.05) is 0 Å². The predicted octanol–water partition coefficient (Wildman–Crippen LogP) is 4.55. The van der Waals surface area contributed by atoms with Crippen molar-refractivity contribution < 1.29 is 0 Å². The van der Waals surface area contributed by atoms with E-state index in [1.165, 1.54) is 16.3 Å². The van der Waals surface area contributed by atoms with Crippen molar-refractivity contribution in [2.45, 2.75) is 6.92 Å². The minimum absolute atomic E-state index is 1.05. The Kier molecular flexibility index (Phi) is 3.04. The molecule has 0 amide bonds. The molecule has 90 valence electrons. The molecule has 3 rings (SSSR count). The lowest BCUT2D eigenvalue weighted by atomic mass is 10.0. The van der Waals surface area contributed by atoms with Crippen molar-refractivity contribution in [2.24, 2.45) is 0 Å². The summed E-state index contributed by atoms with van der Waals surface area (Å²) in [6.07, 6.45) is 0. The second-order valence-corrected chi connectivity index (χ2v) is 4.68. The van der Waals surface area contributed by atoms with Crippen LogP contribution in [0.5, 0.6) is 0 Å². The summed E-state index contributed by atoms with van der Waals surface area (Å²) in [6.45, 7) is 2.11. The Morgan fingerprint density at radius 2 is 1.32 bits per heavy atom. The maximum Gasteiger partial charge on any atom is 0.0255 e. The van der Waals surface area contributed by atoms with Gasteiger partial charge in [-0.2, -0.15) is 0 Å². The van der Waals surface area contributed by atoms with Crippen LogP contribution in [0.4, 0.5) is 0 Å². The van der Waals surface area contributed by atoms with Crippen molar-refractivity contribution in [3.63, 3.8) is 0 Å².